The Labute approximate surface area is 170 Å². The lowest BCUT2D eigenvalue weighted by molar-refractivity contribution is -0.115. The molecule has 0 unspecified atom stereocenters. The Bertz CT molecular complexity index is 851. The summed E-state index contributed by atoms with van der Waals surface area (Å²) in [4.78, 5) is 29.6. The Morgan fingerprint density at radius 2 is 1.81 bits per heavy atom. The Kier molecular flexibility index (Phi) is 6.61. The van der Waals surface area contributed by atoms with E-state index in [2.05, 4.69) is 38.3 Å². The summed E-state index contributed by atoms with van der Waals surface area (Å²) >= 11 is 5.23. The van der Waals surface area contributed by atoms with Crippen LogP contribution in [0.3, 0.4) is 0 Å². The van der Waals surface area contributed by atoms with Crippen molar-refractivity contribution in [2.45, 2.75) is 13.0 Å². The Morgan fingerprint density at radius 3 is 2.41 bits per heavy atom. The third-order valence-electron chi connectivity index (χ3n) is 4.32. The summed E-state index contributed by atoms with van der Waals surface area (Å²) < 4.78 is 1.14. The normalized spacial score (nSPS) is 14.6. The van der Waals surface area contributed by atoms with E-state index >= 15 is 0 Å². The van der Waals surface area contributed by atoms with Gasteiger partial charge in [0.25, 0.3) is 5.91 Å². The first-order valence-electron chi connectivity index (χ1n) is 8.58. The molecule has 3 rings (SSSR count). The first-order valence-corrected chi connectivity index (χ1v) is 10.2. The maximum absolute atomic E-state index is 12.7. The zero-order valence-electron chi connectivity index (χ0n) is 14.7. The van der Waals surface area contributed by atoms with Crippen molar-refractivity contribution in [3.63, 3.8) is 0 Å². The van der Waals surface area contributed by atoms with Gasteiger partial charge in [0, 0.05) is 48.9 Å². The van der Waals surface area contributed by atoms with Crippen LogP contribution < -0.4 is 5.32 Å². The number of benzene rings is 1. The van der Waals surface area contributed by atoms with Crippen LogP contribution >= 0.6 is 27.3 Å². The molecule has 2 heterocycles. The van der Waals surface area contributed by atoms with E-state index < -0.39 is 0 Å². The quantitative estimate of drug-likeness (QED) is 0.763. The minimum absolute atomic E-state index is 0.00317. The van der Waals surface area contributed by atoms with E-state index in [1.54, 1.807) is 41.7 Å². The average molecular weight is 447 g/mol. The number of piperazine rings is 1. The molecule has 0 aliphatic carbocycles. The Balaban J connectivity index is 1.51. The smallest absolute Gasteiger partial charge is 0.253 e. The summed E-state index contributed by atoms with van der Waals surface area (Å²) in [7, 11) is 0. The fourth-order valence-electron chi connectivity index (χ4n) is 2.92. The second-order valence-corrected chi connectivity index (χ2v) is 8.78. The third-order valence-corrected chi connectivity index (χ3v) is 5.93. The lowest BCUT2D eigenvalue weighted by atomic mass is 10.1. The summed E-state index contributed by atoms with van der Waals surface area (Å²) in [6, 6.07) is 12.8. The molecule has 0 saturated carbocycles. The number of halogens is 1. The number of carbonyl (C=O) groups is 2. The maximum atomic E-state index is 12.7. The van der Waals surface area contributed by atoms with Crippen molar-refractivity contribution in [2.24, 2.45) is 0 Å². The summed E-state index contributed by atoms with van der Waals surface area (Å²) in [5.74, 6) is -0.353. The number of amides is 2. The molecule has 1 aliphatic heterocycles. The van der Waals surface area contributed by atoms with Crippen molar-refractivity contribution in [3.05, 3.63) is 50.6 Å². The summed E-state index contributed by atoms with van der Waals surface area (Å²) in [5.41, 5.74) is 1.18. The lowest BCUT2D eigenvalue weighted by Gasteiger charge is -2.34. The van der Waals surface area contributed by atoms with Crippen LogP contribution in [0.5, 0.6) is 0 Å². The largest absolute Gasteiger partial charge is 0.336 e. The summed E-state index contributed by atoms with van der Waals surface area (Å²) in [6.45, 7) is 4.01. The predicted octanol–water partition coefficient (Wildman–Crippen LogP) is 3.32. The zero-order valence-corrected chi connectivity index (χ0v) is 17.1. The zero-order chi connectivity index (χ0) is 19.2. The van der Waals surface area contributed by atoms with E-state index in [0.29, 0.717) is 24.3 Å². The number of hydrogen-bond acceptors (Lipinski definition) is 5. The molecule has 1 aromatic heterocycles. The van der Waals surface area contributed by atoms with Crippen molar-refractivity contribution in [1.82, 2.24) is 9.80 Å². The molecule has 0 radical (unpaired) electrons. The molecule has 1 aliphatic rings. The number of rotatable bonds is 5. The highest BCUT2D eigenvalue weighted by atomic mass is 79.9. The molecule has 1 N–H and O–H groups in total. The molecule has 8 heteroatoms. The van der Waals surface area contributed by atoms with E-state index in [4.69, 9.17) is 5.26 Å². The minimum atomic E-state index is -0.356. The van der Waals surface area contributed by atoms with E-state index in [1.165, 1.54) is 4.88 Å². The number of hydrogen-bond donors (Lipinski definition) is 1. The fourth-order valence-corrected chi connectivity index (χ4v) is 4.45. The molecule has 6 nitrogen and oxygen atoms in total. The van der Waals surface area contributed by atoms with Crippen molar-refractivity contribution in [1.29, 1.82) is 5.26 Å². The molecule has 0 bridgehead atoms. The van der Waals surface area contributed by atoms with Gasteiger partial charge in [-0.2, -0.15) is 5.26 Å². The SMILES string of the molecule is N#CCC(=O)Nc1ccc(C(=O)N2CCN(Cc3ccc(Br)s3)CC2)cc1. The molecule has 0 atom stereocenters. The highest BCUT2D eigenvalue weighted by Crippen LogP contribution is 2.23. The van der Waals surface area contributed by atoms with E-state index in [1.807, 2.05) is 4.90 Å². The van der Waals surface area contributed by atoms with Gasteiger partial charge in [0.1, 0.15) is 6.42 Å². The van der Waals surface area contributed by atoms with Gasteiger partial charge in [0.05, 0.1) is 9.86 Å². The standard InChI is InChI=1S/C19H19BrN4O2S/c20-17-6-5-16(27-17)13-23-9-11-24(12-10-23)19(26)14-1-3-15(4-2-14)22-18(25)7-8-21/h1-6H,7,9-13H2,(H,22,25). The van der Waals surface area contributed by atoms with Crippen molar-refractivity contribution in [2.75, 3.05) is 31.5 Å². The van der Waals surface area contributed by atoms with Crippen LogP contribution in [0.1, 0.15) is 21.7 Å². The first kappa shape index (κ1) is 19.5. The van der Waals surface area contributed by atoms with Gasteiger partial charge in [-0.3, -0.25) is 14.5 Å². The van der Waals surface area contributed by atoms with Gasteiger partial charge in [0.2, 0.25) is 5.91 Å². The van der Waals surface area contributed by atoms with Crippen molar-refractivity contribution in [3.8, 4) is 6.07 Å². The Hall–Kier alpha value is -2.21. The summed E-state index contributed by atoms with van der Waals surface area (Å²) in [5, 5.41) is 11.1. The van der Waals surface area contributed by atoms with Crippen molar-refractivity contribution < 1.29 is 9.59 Å². The second kappa shape index (κ2) is 9.13. The highest BCUT2D eigenvalue weighted by Gasteiger charge is 2.22. The molecule has 2 aromatic rings. The van der Waals surface area contributed by atoms with Gasteiger partial charge in [-0.1, -0.05) is 0 Å². The van der Waals surface area contributed by atoms with Gasteiger partial charge in [-0.05, 0) is 52.3 Å². The molecular formula is C19H19BrN4O2S. The number of thiophene rings is 1. The van der Waals surface area contributed by atoms with Crippen LogP contribution in [0.25, 0.3) is 0 Å². The number of nitrogens with one attached hydrogen (secondary N) is 1. The average Bonchev–Trinajstić information content (AvgIpc) is 3.07. The Morgan fingerprint density at radius 1 is 1.11 bits per heavy atom. The molecule has 1 saturated heterocycles. The molecular weight excluding hydrogens is 428 g/mol. The van der Waals surface area contributed by atoms with Crippen LogP contribution in [-0.2, 0) is 11.3 Å². The topological polar surface area (TPSA) is 76.4 Å². The van der Waals surface area contributed by atoms with Crippen molar-refractivity contribution >= 4 is 44.8 Å². The van der Waals surface area contributed by atoms with Crippen LogP contribution in [0.4, 0.5) is 5.69 Å². The molecule has 27 heavy (non-hydrogen) atoms. The van der Waals surface area contributed by atoms with Gasteiger partial charge in [0.15, 0.2) is 0 Å². The van der Waals surface area contributed by atoms with Gasteiger partial charge in [-0.25, -0.2) is 0 Å². The monoisotopic (exact) mass is 446 g/mol. The van der Waals surface area contributed by atoms with Crippen LogP contribution in [-0.4, -0.2) is 47.8 Å². The van der Waals surface area contributed by atoms with Gasteiger partial charge >= 0.3 is 0 Å². The predicted molar refractivity (Wildman–Crippen MR) is 109 cm³/mol. The van der Waals surface area contributed by atoms with E-state index in [9.17, 15) is 9.59 Å². The van der Waals surface area contributed by atoms with E-state index in [-0.39, 0.29) is 18.2 Å². The molecule has 1 fully saturated rings. The molecule has 140 valence electrons. The van der Waals surface area contributed by atoms with Crippen LogP contribution in [0.2, 0.25) is 0 Å². The van der Waals surface area contributed by atoms with Crippen LogP contribution in [0.15, 0.2) is 40.2 Å². The van der Waals surface area contributed by atoms with E-state index in [0.717, 1.165) is 23.4 Å². The maximum Gasteiger partial charge on any atom is 0.253 e. The molecule has 2 amide bonds. The molecule has 0 spiro atoms. The number of nitriles is 1. The highest BCUT2D eigenvalue weighted by molar-refractivity contribution is 9.11. The van der Waals surface area contributed by atoms with Crippen LogP contribution in [0, 0.1) is 11.3 Å². The van der Waals surface area contributed by atoms with Gasteiger partial charge in [-0.15, -0.1) is 11.3 Å². The van der Waals surface area contributed by atoms with Gasteiger partial charge < -0.3 is 10.2 Å². The lowest BCUT2D eigenvalue weighted by Crippen LogP contribution is -2.48. The number of anilines is 1. The molecule has 1 aromatic carbocycles. The third kappa shape index (κ3) is 5.39. The number of carbonyl (C=O) groups excluding carboxylic acids is 2. The minimum Gasteiger partial charge on any atom is -0.336 e. The second-order valence-electron chi connectivity index (χ2n) is 6.23. The summed E-state index contributed by atoms with van der Waals surface area (Å²) in [6.07, 6.45) is -0.187. The number of nitrogens with zero attached hydrogens (tertiary/aromatic N) is 3. The fraction of sp³-hybridized carbons (Fsp3) is 0.316. The first-order chi connectivity index (χ1) is 13.0.